The summed E-state index contributed by atoms with van der Waals surface area (Å²) in [6.45, 7) is 0. The molecule has 0 fully saturated rings. The van der Waals surface area contributed by atoms with Gasteiger partial charge in [0.25, 0.3) is 5.22 Å². The molecular weight excluding hydrogens is 366 g/mol. The molecule has 0 aliphatic carbocycles. The molecule has 3 aromatic rings. The van der Waals surface area contributed by atoms with Gasteiger partial charge in [-0.2, -0.15) is 0 Å². The van der Waals surface area contributed by atoms with Crippen molar-refractivity contribution in [3.8, 4) is 11.5 Å². The summed E-state index contributed by atoms with van der Waals surface area (Å²) >= 11 is 0.842. The fraction of sp³-hybridized carbons (Fsp3) is 0.0667. The van der Waals surface area contributed by atoms with Gasteiger partial charge in [-0.3, -0.25) is 10.1 Å². The highest BCUT2D eigenvalue weighted by Crippen LogP contribution is 2.38. The Labute approximate surface area is 147 Å². The Morgan fingerprint density at radius 2 is 1.80 bits per heavy atom. The van der Waals surface area contributed by atoms with E-state index in [-0.39, 0.29) is 20.9 Å². The Bertz CT molecular complexity index is 1030. The predicted molar refractivity (Wildman–Crippen MR) is 90.1 cm³/mol. The number of aromatic nitrogens is 2. The lowest BCUT2D eigenvalue weighted by Crippen LogP contribution is -2.03. The zero-order valence-corrected chi connectivity index (χ0v) is 14.5. The molecule has 0 saturated heterocycles. The van der Waals surface area contributed by atoms with Gasteiger partial charge >= 0.3 is 5.69 Å². The van der Waals surface area contributed by atoms with Crippen molar-refractivity contribution in [1.29, 1.82) is 0 Å². The van der Waals surface area contributed by atoms with Crippen molar-refractivity contribution in [2.24, 2.45) is 0 Å². The molecule has 1 heterocycles. The van der Waals surface area contributed by atoms with Gasteiger partial charge in [0, 0.05) is 11.8 Å². The van der Waals surface area contributed by atoms with Gasteiger partial charge in [0.15, 0.2) is 9.84 Å². The third-order valence-electron chi connectivity index (χ3n) is 3.17. The van der Waals surface area contributed by atoms with E-state index in [2.05, 4.69) is 10.2 Å². The quantitative estimate of drug-likeness (QED) is 0.491. The maximum absolute atomic E-state index is 11.8. The Kier molecular flexibility index (Phi) is 4.55. The molecule has 0 aliphatic heterocycles. The lowest BCUT2D eigenvalue weighted by atomic mass is 10.2. The van der Waals surface area contributed by atoms with E-state index in [1.807, 2.05) is 18.2 Å². The van der Waals surface area contributed by atoms with Crippen LogP contribution >= 0.6 is 11.8 Å². The smallest absolute Gasteiger partial charge is 0.301 e. The molecule has 0 amide bonds. The van der Waals surface area contributed by atoms with E-state index in [9.17, 15) is 18.5 Å². The summed E-state index contributed by atoms with van der Waals surface area (Å²) in [4.78, 5) is 10.4. The normalized spacial score (nSPS) is 11.4. The van der Waals surface area contributed by atoms with Gasteiger partial charge in [-0.15, -0.1) is 10.2 Å². The van der Waals surface area contributed by atoms with Gasteiger partial charge in [0.05, 0.1) is 9.82 Å². The third-order valence-corrected chi connectivity index (χ3v) is 5.19. The summed E-state index contributed by atoms with van der Waals surface area (Å²) in [5, 5.41) is 19.2. The monoisotopic (exact) mass is 377 g/mol. The van der Waals surface area contributed by atoms with Crippen molar-refractivity contribution in [2.45, 2.75) is 15.0 Å². The molecule has 2 aromatic carbocycles. The van der Waals surface area contributed by atoms with E-state index in [1.165, 1.54) is 18.2 Å². The Morgan fingerprint density at radius 1 is 1.08 bits per heavy atom. The molecule has 0 radical (unpaired) electrons. The standard InChI is InChI=1S/C15H11N3O5S2/c1-25(21,22)12-9-5-8-11(13(12)18(19)20)24-15-17-16-14(23-15)10-6-3-2-4-7-10/h2-9H,1H3. The minimum atomic E-state index is -3.75. The number of hydrogen-bond donors (Lipinski definition) is 0. The third kappa shape index (κ3) is 3.69. The minimum absolute atomic E-state index is 0.0765. The zero-order chi connectivity index (χ0) is 18.0. The van der Waals surface area contributed by atoms with E-state index >= 15 is 0 Å². The van der Waals surface area contributed by atoms with E-state index in [0.717, 1.165) is 18.0 Å². The van der Waals surface area contributed by atoms with Crippen molar-refractivity contribution in [3.05, 3.63) is 58.6 Å². The van der Waals surface area contributed by atoms with Crippen molar-refractivity contribution in [1.82, 2.24) is 10.2 Å². The number of nitro groups is 1. The molecule has 0 unspecified atom stereocenters. The van der Waals surface area contributed by atoms with Crippen LogP contribution in [-0.2, 0) is 9.84 Å². The summed E-state index contributed by atoms with van der Waals surface area (Å²) < 4.78 is 29.1. The maximum atomic E-state index is 11.8. The van der Waals surface area contributed by atoms with E-state index in [1.54, 1.807) is 12.1 Å². The predicted octanol–water partition coefficient (Wildman–Crippen LogP) is 3.20. The van der Waals surface area contributed by atoms with Gasteiger partial charge in [0.2, 0.25) is 5.89 Å². The molecule has 0 spiro atoms. The summed E-state index contributed by atoms with van der Waals surface area (Å²) in [6.07, 6.45) is 0.921. The van der Waals surface area contributed by atoms with Crippen molar-refractivity contribution in [2.75, 3.05) is 6.26 Å². The first-order valence-corrected chi connectivity index (χ1v) is 9.61. The van der Waals surface area contributed by atoms with Gasteiger partial charge in [-0.25, -0.2) is 8.42 Å². The summed E-state index contributed by atoms with van der Waals surface area (Å²) in [5.41, 5.74) is 0.204. The number of sulfone groups is 1. The summed E-state index contributed by atoms with van der Waals surface area (Å²) in [7, 11) is -3.75. The van der Waals surface area contributed by atoms with Crippen LogP contribution in [0.15, 0.2) is 68.0 Å². The van der Waals surface area contributed by atoms with Gasteiger partial charge < -0.3 is 4.42 Å². The van der Waals surface area contributed by atoms with Crippen LogP contribution < -0.4 is 0 Å². The molecule has 0 N–H and O–H groups in total. The lowest BCUT2D eigenvalue weighted by molar-refractivity contribution is -0.390. The number of nitrogens with zero attached hydrogens (tertiary/aromatic N) is 3. The molecule has 128 valence electrons. The van der Waals surface area contributed by atoms with Crippen LogP contribution in [0.2, 0.25) is 0 Å². The molecule has 0 saturated carbocycles. The molecule has 10 heteroatoms. The highest BCUT2D eigenvalue weighted by atomic mass is 32.2. The average Bonchev–Trinajstić information content (AvgIpc) is 3.03. The largest absolute Gasteiger partial charge is 0.411 e. The first kappa shape index (κ1) is 17.1. The van der Waals surface area contributed by atoms with Crippen LogP contribution in [0.3, 0.4) is 0 Å². The summed E-state index contributed by atoms with van der Waals surface area (Å²) in [6, 6.07) is 13.1. The molecule has 25 heavy (non-hydrogen) atoms. The first-order chi connectivity index (χ1) is 11.9. The maximum Gasteiger partial charge on any atom is 0.301 e. The van der Waals surface area contributed by atoms with Crippen LogP contribution in [-0.4, -0.2) is 29.8 Å². The van der Waals surface area contributed by atoms with E-state index < -0.39 is 20.4 Å². The van der Waals surface area contributed by atoms with Crippen LogP contribution in [0, 0.1) is 10.1 Å². The fourth-order valence-corrected chi connectivity index (χ4v) is 3.85. The van der Waals surface area contributed by atoms with Gasteiger partial charge in [0.1, 0.15) is 4.90 Å². The zero-order valence-electron chi connectivity index (χ0n) is 12.8. The molecule has 0 bridgehead atoms. The topological polar surface area (TPSA) is 116 Å². The second kappa shape index (κ2) is 6.65. The second-order valence-electron chi connectivity index (χ2n) is 4.97. The van der Waals surface area contributed by atoms with Gasteiger partial charge in [-0.1, -0.05) is 24.3 Å². The highest BCUT2D eigenvalue weighted by Gasteiger charge is 2.27. The molecular formula is C15H11N3O5S2. The number of hydrogen-bond acceptors (Lipinski definition) is 8. The Balaban J connectivity index is 1.99. The van der Waals surface area contributed by atoms with Crippen molar-refractivity contribution in [3.63, 3.8) is 0 Å². The Hall–Kier alpha value is -2.72. The number of rotatable bonds is 5. The van der Waals surface area contributed by atoms with Crippen LogP contribution in [0.4, 0.5) is 5.69 Å². The molecule has 0 atom stereocenters. The molecule has 0 aliphatic rings. The molecule has 8 nitrogen and oxygen atoms in total. The fourth-order valence-electron chi connectivity index (χ4n) is 2.11. The number of nitro benzene ring substituents is 1. The molecule has 1 aromatic heterocycles. The van der Waals surface area contributed by atoms with Crippen LogP contribution in [0.25, 0.3) is 11.5 Å². The van der Waals surface area contributed by atoms with Gasteiger partial charge in [-0.05, 0) is 36.0 Å². The number of benzene rings is 2. The van der Waals surface area contributed by atoms with Crippen LogP contribution in [0.5, 0.6) is 0 Å². The lowest BCUT2D eigenvalue weighted by Gasteiger charge is -2.04. The summed E-state index contributed by atoms with van der Waals surface area (Å²) in [5.74, 6) is 0.269. The SMILES string of the molecule is CS(=O)(=O)c1cccc(Sc2nnc(-c3ccccc3)o2)c1[N+](=O)[O-]. The van der Waals surface area contributed by atoms with Crippen LogP contribution in [0.1, 0.15) is 0 Å². The van der Waals surface area contributed by atoms with E-state index in [0.29, 0.717) is 5.56 Å². The van der Waals surface area contributed by atoms with Crippen molar-refractivity contribution < 1.29 is 17.8 Å². The molecule has 3 rings (SSSR count). The average molecular weight is 377 g/mol. The highest BCUT2D eigenvalue weighted by molar-refractivity contribution is 7.99. The second-order valence-corrected chi connectivity index (χ2v) is 7.95. The number of para-hydroxylation sites is 1. The minimum Gasteiger partial charge on any atom is -0.411 e. The first-order valence-electron chi connectivity index (χ1n) is 6.90. The van der Waals surface area contributed by atoms with Crippen molar-refractivity contribution >= 4 is 27.3 Å². The van der Waals surface area contributed by atoms with E-state index in [4.69, 9.17) is 4.42 Å². The Morgan fingerprint density at radius 3 is 2.44 bits per heavy atom.